The maximum atomic E-state index is 12.1. The van der Waals surface area contributed by atoms with Gasteiger partial charge in [0.05, 0.1) is 23.8 Å². The Kier molecular flexibility index (Phi) is 4.64. The van der Waals surface area contributed by atoms with Crippen LogP contribution in [0.5, 0.6) is 0 Å². The SMILES string of the molecule is Cc1ncc(-c2cncc(C[C@@H]3CCN(C(=O)C(C)C)C3)n2)n1C. The summed E-state index contributed by atoms with van der Waals surface area (Å²) in [7, 11) is 1.98. The molecule has 1 atom stereocenters. The molecule has 6 nitrogen and oxygen atoms in total. The highest BCUT2D eigenvalue weighted by Gasteiger charge is 2.28. The Bertz CT molecular complexity index is 737. The number of likely N-dealkylation sites (tertiary alicyclic amines) is 1. The van der Waals surface area contributed by atoms with E-state index in [-0.39, 0.29) is 11.8 Å². The van der Waals surface area contributed by atoms with E-state index in [2.05, 4.69) is 9.97 Å². The Labute approximate surface area is 142 Å². The fourth-order valence-corrected chi connectivity index (χ4v) is 3.23. The van der Waals surface area contributed by atoms with Gasteiger partial charge in [0.25, 0.3) is 0 Å². The number of amides is 1. The van der Waals surface area contributed by atoms with Gasteiger partial charge in [-0.3, -0.25) is 9.78 Å². The van der Waals surface area contributed by atoms with Crippen LogP contribution in [0.4, 0.5) is 0 Å². The molecule has 24 heavy (non-hydrogen) atoms. The number of hydrogen-bond acceptors (Lipinski definition) is 4. The fraction of sp³-hybridized carbons (Fsp3) is 0.556. The molecular formula is C18H25N5O. The third-order valence-electron chi connectivity index (χ3n) is 4.76. The Morgan fingerprint density at radius 3 is 2.79 bits per heavy atom. The van der Waals surface area contributed by atoms with Crippen LogP contribution in [-0.2, 0) is 18.3 Å². The molecule has 6 heteroatoms. The molecule has 1 fully saturated rings. The van der Waals surface area contributed by atoms with Crippen molar-refractivity contribution in [3.8, 4) is 11.4 Å². The Balaban J connectivity index is 1.70. The molecule has 1 saturated heterocycles. The van der Waals surface area contributed by atoms with E-state index < -0.39 is 0 Å². The number of aromatic nitrogens is 4. The quantitative estimate of drug-likeness (QED) is 0.864. The lowest BCUT2D eigenvalue weighted by Gasteiger charge is -2.18. The van der Waals surface area contributed by atoms with Crippen molar-refractivity contribution in [2.45, 2.75) is 33.6 Å². The maximum Gasteiger partial charge on any atom is 0.225 e. The largest absolute Gasteiger partial charge is 0.342 e. The second-order valence-electron chi connectivity index (χ2n) is 6.94. The zero-order valence-corrected chi connectivity index (χ0v) is 14.9. The first kappa shape index (κ1) is 16.6. The van der Waals surface area contributed by atoms with Crippen molar-refractivity contribution >= 4 is 5.91 Å². The molecule has 1 aliphatic heterocycles. The molecule has 0 unspecified atom stereocenters. The smallest absolute Gasteiger partial charge is 0.225 e. The lowest BCUT2D eigenvalue weighted by atomic mass is 10.0. The molecule has 3 heterocycles. The van der Waals surface area contributed by atoms with E-state index in [9.17, 15) is 4.79 Å². The Hall–Kier alpha value is -2.24. The van der Waals surface area contributed by atoms with Gasteiger partial charge in [0.1, 0.15) is 11.5 Å². The number of nitrogens with zero attached hydrogens (tertiary/aromatic N) is 5. The summed E-state index contributed by atoms with van der Waals surface area (Å²) in [5.74, 6) is 1.74. The van der Waals surface area contributed by atoms with Gasteiger partial charge in [0, 0.05) is 32.3 Å². The number of carbonyl (C=O) groups excluding carboxylic acids is 1. The average molecular weight is 327 g/mol. The van der Waals surface area contributed by atoms with Crippen LogP contribution in [0.15, 0.2) is 18.6 Å². The van der Waals surface area contributed by atoms with Crippen LogP contribution >= 0.6 is 0 Å². The van der Waals surface area contributed by atoms with E-state index in [0.717, 1.165) is 48.8 Å². The van der Waals surface area contributed by atoms with Crippen LogP contribution in [-0.4, -0.2) is 43.4 Å². The van der Waals surface area contributed by atoms with Crippen LogP contribution in [0.3, 0.4) is 0 Å². The van der Waals surface area contributed by atoms with Crippen LogP contribution in [0, 0.1) is 18.8 Å². The van der Waals surface area contributed by atoms with Crippen LogP contribution in [0.2, 0.25) is 0 Å². The van der Waals surface area contributed by atoms with E-state index >= 15 is 0 Å². The summed E-state index contributed by atoms with van der Waals surface area (Å²) >= 11 is 0. The monoisotopic (exact) mass is 327 g/mol. The van der Waals surface area contributed by atoms with Gasteiger partial charge in [0.15, 0.2) is 0 Å². The summed E-state index contributed by atoms with van der Waals surface area (Å²) in [4.78, 5) is 27.5. The second-order valence-corrected chi connectivity index (χ2v) is 6.94. The zero-order chi connectivity index (χ0) is 17.3. The lowest BCUT2D eigenvalue weighted by Crippen LogP contribution is -2.32. The van der Waals surface area contributed by atoms with Crippen LogP contribution in [0.25, 0.3) is 11.4 Å². The van der Waals surface area contributed by atoms with Crippen molar-refractivity contribution in [1.29, 1.82) is 0 Å². The molecule has 0 bridgehead atoms. The van der Waals surface area contributed by atoms with Gasteiger partial charge in [-0.2, -0.15) is 0 Å². The summed E-state index contributed by atoms with van der Waals surface area (Å²) in [6, 6.07) is 0. The number of hydrogen-bond donors (Lipinski definition) is 0. The van der Waals surface area contributed by atoms with Crippen molar-refractivity contribution in [3.05, 3.63) is 30.1 Å². The van der Waals surface area contributed by atoms with Gasteiger partial charge in [-0.1, -0.05) is 13.8 Å². The molecule has 0 spiro atoms. The van der Waals surface area contributed by atoms with Crippen molar-refractivity contribution in [2.24, 2.45) is 18.9 Å². The molecule has 0 radical (unpaired) electrons. The molecule has 1 aliphatic rings. The highest BCUT2D eigenvalue weighted by Crippen LogP contribution is 2.23. The average Bonchev–Trinajstić information content (AvgIpc) is 3.15. The number of rotatable bonds is 4. The van der Waals surface area contributed by atoms with Gasteiger partial charge < -0.3 is 9.47 Å². The van der Waals surface area contributed by atoms with Gasteiger partial charge in [0.2, 0.25) is 5.91 Å². The minimum absolute atomic E-state index is 0.0694. The highest BCUT2D eigenvalue weighted by atomic mass is 16.2. The summed E-state index contributed by atoms with van der Waals surface area (Å²) in [5.41, 5.74) is 2.81. The molecule has 1 amide bonds. The van der Waals surface area contributed by atoms with E-state index in [1.54, 1.807) is 6.20 Å². The second kappa shape index (κ2) is 6.71. The molecule has 2 aromatic heterocycles. The van der Waals surface area contributed by atoms with Crippen molar-refractivity contribution in [3.63, 3.8) is 0 Å². The summed E-state index contributed by atoms with van der Waals surface area (Å²) in [5, 5.41) is 0. The van der Waals surface area contributed by atoms with Crippen LogP contribution < -0.4 is 0 Å². The van der Waals surface area contributed by atoms with Gasteiger partial charge in [-0.05, 0) is 25.7 Å². The van der Waals surface area contributed by atoms with E-state index in [1.165, 1.54) is 0 Å². The van der Waals surface area contributed by atoms with E-state index in [0.29, 0.717) is 5.92 Å². The molecule has 128 valence electrons. The number of imidazole rings is 1. The topological polar surface area (TPSA) is 63.9 Å². The summed E-state index contributed by atoms with van der Waals surface area (Å²) in [6.45, 7) is 7.57. The standard InChI is InChI=1S/C18H25N5O/c1-12(2)18(24)23-6-5-14(11-23)7-15-8-19-9-16(21-15)17-10-20-13(3)22(17)4/h8-10,12,14H,5-7,11H2,1-4H3/t14-/m0/s1. The maximum absolute atomic E-state index is 12.1. The molecular weight excluding hydrogens is 302 g/mol. The lowest BCUT2D eigenvalue weighted by molar-refractivity contribution is -0.133. The molecule has 0 aliphatic carbocycles. The Morgan fingerprint density at radius 1 is 1.33 bits per heavy atom. The van der Waals surface area contributed by atoms with Crippen molar-refractivity contribution < 1.29 is 4.79 Å². The number of carbonyl (C=O) groups is 1. The van der Waals surface area contributed by atoms with Crippen LogP contribution in [0.1, 0.15) is 31.8 Å². The minimum atomic E-state index is 0.0694. The predicted molar refractivity (Wildman–Crippen MR) is 92.2 cm³/mol. The summed E-state index contributed by atoms with van der Waals surface area (Å²) in [6.07, 6.45) is 7.35. The third-order valence-corrected chi connectivity index (χ3v) is 4.76. The predicted octanol–water partition coefficient (Wildman–Crippen LogP) is 2.23. The zero-order valence-electron chi connectivity index (χ0n) is 14.9. The highest BCUT2D eigenvalue weighted by molar-refractivity contribution is 5.78. The fourth-order valence-electron chi connectivity index (χ4n) is 3.23. The molecule has 0 N–H and O–H groups in total. The van der Waals surface area contributed by atoms with Gasteiger partial charge in [-0.25, -0.2) is 9.97 Å². The van der Waals surface area contributed by atoms with Gasteiger partial charge >= 0.3 is 0 Å². The van der Waals surface area contributed by atoms with E-state index in [1.807, 2.05) is 49.7 Å². The first-order chi connectivity index (χ1) is 11.5. The van der Waals surface area contributed by atoms with Crippen molar-refractivity contribution in [2.75, 3.05) is 13.1 Å². The third kappa shape index (κ3) is 3.32. The normalized spacial score (nSPS) is 17.7. The van der Waals surface area contributed by atoms with E-state index in [4.69, 9.17) is 4.98 Å². The molecule has 0 aromatic carbocycles. The van der Waals surface area contributed by atoms with Crippen molar-refractivity contribution in [1.82, 2.24) is 24.4 Å². The first-order valence-electron chi connectivity index (χ1n) is 8.54. The first-order valence-corrected chi connectivity index (χ1v) is 8.54. The minimum Gasteiger partial charge on any atom is -0.342 e. The number of aryl methyl sites for hydroxylation is 1. The molecule has 0 saturated carbocycles. The molecule has 2 aromatic rings. The molecule has 3 rings (SSSR count). The van der Waals surface area contributed by atoms with Gasteiger partial charge in [-0.15, -0.1) is 0 Å². The summed E-state index contributed by atoms with van der Waals surface area (Å²) < 4.78 is 2.02. The Morgan fingerprint density at radius 2 is 2.12 bits per heavy atom.